The average Bonchev–Trinajstić information content (AvgIpc) is 3.26. The third kappa shape index (κ3) is 4.73. The molecule has 1 aromatic carbocycles. The molecule has 0 radical (unpaired) electrons. The van der Waals surface area contributed by atoms with Gasteiger partial charge < -0.3 is 15.2 Å². The predicted octanol–water partition coefficient (Wildman–Crippen LogP) is 1.93. The van der Waals surface area contributed by atoms with Crippen molar-refractivity contribution < 1.29 is 19.4 Å². The fourth-order valence-corrected chi connectivity index (χ4v) is 4.00. The quantitative estimate of drug-likeness (QED) is 0.459. The van der Waals surface area contributed by atoms with Gasteiger partial charge in [-0.15, -0.1) is 0 Å². The Kier molecular flexibility index (Phi) is 6.70. The summed E-state index contributed by atoms with van der Waals surface area (Å²) in [6.45, 7) is 0.721. The van der Waals surface area contributed by atoms with Crippen molar-refractivity contribution in [1.82, 2.24) is 19.7 Å². The highest BCUT2D eigenvalue weighted by molar-refractivity contribution is 5.94. The maximum absolute atomic E-state index is 12.8. The number of nitrogens with zero attached hydrogens (tertiary/aromatic N) is 3. The van der Waals surface area contributed by atoms with E-state index in [-0.39, 0.29) is 29.6 Å². The van der Waals surface area contributed by atoms with Crippen LogP contribution in [0.15, 0.2) is 71.9 Å². The Bertz CT molecular complexity index is 1350. The first-order valence-electron chi connectivity index (χ1n) is 10.4. The summed E-state index contributed by atoms with van der Waals surface area (Å²) in [4.78, 5) is 42.5. The van der Waals surface area contributed by atoms with E-state index in [0.29, 0.717) is 18.9 Å². The van der Waals surface area contributed by atoms with E-state index in [1.165, 1.54) is 16.2 Å². The number of nitrogens with one attached hydrogen (secondary N) is 1. The molecule has 1 saturated heterocycles. The Morgan fingerprint density at radius 1 is 1.15 bits per heavy atom. The largest absolute Gasteiger partial charge is 0.483 e. The summed E-state index contributed by atoms with van der Waals surface area (Å²) in [7, 11) is 0. The molecular weight excluding hydrogens is 424 g/mol. The van der Waals surface area contributed by atoms with E-state index in [4.69, 9.17) is 14.6 Å². The van der Waals surface area contributed by atoms with E-state index < -0.39 is 5.91 Å². The van der Waals surface area contributed by atoms with Crippen LogP contribution in [0.25, 0.3) is 16.6 Å². The number of carbonyl (C=O) groups excluding carboxylic acids is 1. The molecule has 1 amide bonds. The highest BCUT2D eigenvalue weighted by Crippen LogP contribution is 2.24. The van der Waals surface area contributed by atoms with E-state index in [0.717, 1.165) is 17.3 Å². The molecule has 4 heterocycles. The second-order valence-electron chi connectivity index (χ2n) is 7.58. The van der Waals surface area contributed by atoms with Gasteiger partial charge in [-0.05, 0) is 36.2 Å². The number of hydrogen-bond acceptors (Lipinski definition) is 6. The minimum atomic E-state index is -0.425. The SMILES string of the molecule is O=C(N[C@H]1COC[C@H]1Cc1ccnc2ccccc12)c1cnc2ccccn2c1=O.O=CO. The maximum Gasteiger partial charge on any atom is 0.290 e. The number of benzene rings is 1. The van der Waals surface area contributed by atoms with Crippen LogP contribution >= 0.6 is 0 Å². The molecule has 1 fully saturated rings. The number of aromatic nitrogens is 3. The molecule has 0 spiro atoms. The minimum absolute atomic E-state index is 0.0266. The Hall–Kier alpha value is -4.11. The van der Waals surface area contributed by atoms with Gasteiger partial charge in [0, 0.05) is 29.9 Å². The van der Waals surface area contributed by atoms with Crippen molar-refractivity contribution >= 4 is 28.9 Å². The third-order valence-corrected chi connectivity index (χ3v) is 5.59. The van der Waals surface area contributed by atoms with Crippen LogP contribution < -0.4 is 10.9 Å². The normalized spacial score (nSPS) is 17.3. The summed E-state index contributed by atoms with van der Waals surface area (Å²) >= 11 is 0. The van der Waals surface area contributed by atoms with Crippen LogP contribution in [0.1, 0.15) is 15.9 Å². The molecule has 9 heteroatoms. The average molecular weight is 446 g/mol. The minimum Gasteiger partial charge on any atom is -0.483 e. The van der Waals surface area contributed by atoms with Crippen molar-refractivity contribution in [3.63, 3.8) is 0 Å². The molecule has 1 aliphatic heterocycles. The highest BCUT2D eigenvalue weighted by Gasteiger charge is 2.31. The molecule has 4 aromatic rings. The summed E-state index contributed by atoms with van der Waals surface area (Å²) in [5.74, 6) is -0.318. The van der Waals surface area contributed by atoms with Gasteiger partial charge in [-0.1, -0.05) is 24.3 Å². The smallest absolute Gasteiger partial charge is 0.290 e. The molecule has 9 nitrogen and oxygen atoms in total. The summed E-state index contributed by atoms with van der Waals surface area (Å²) in [5, 5.41) is 11.0. The summed E-state index contributed by atoms with van der Waals surface area (Å²) < 4.78 is 7.04. The molecule has 0 bridgehead atoms. The molecule has 5 rings (SSSR count). The van der Waals surface area contributed by atoms with Gasteiger partial charge in [-0.25, -0.2) is 4.98 Å². The van der Waals surface area contributed by atoms with Crippen molar-refractivity contribution in [1.29, 1.82) is 0 Å². The molecule has 2 N–H and O–H groups in total. The number of pyridine rings is 2. The first-order chi connectivity index (χ1) is 16.1. The number of rotatable bonds is 4. The van der Waals surface area contributed by atoms with Crippen molar-refractivity contribution in [2.24, 2.45) is 5.92 Å². The predicted molar refractivity (Wildman–Crippen MR) is 121 cm³/mol. The standard InChI is InChI=1S/C23H20N4O3.CH2O2/c28-22(18-12-25-21-7-3-4-10-27(21)23(18)29)26-20-14-30-13-16(20)11-15-8-9-24-19-6-2-1-5-17(15)19;2-1-3/h1-10,12,16,20H,11,13-14H2,(H,26,28);1H,(H,2,3)/t16-,20+;/m1./s1. The first kappa shape index (κ1) is 22.1. The molecule has 0 unspecified atom stereocenters. The third-order valence-electron chi connectivity index (χ3n) is 5.59. The van der Waals surface area contributed by atoms with E-state index in [9.17, 15) is 9.59 Å². The van der Waals surface area contributed by atoms with Crippen LogP contribution in [0.2, 0.25) is 0 Å². The second-order valence-corrected chi connectivity index (χ2v) is 7.58. The zero-order valence-electron chi connectivity index (χ0n) is 17.6. The first-order valence-corrected chi connectivity index (χ1v) is 10.4. The molecule has 168 valence electrons. The topological polar surface area (TPSA) is 123 Å². The fraction of sp³-hybridized carbons (Fsp3) is 0.208. The van der Waals surface area contributed by atoms with Gasteiger partial charge in [0.1, 0.15) is 11.2 Å². The number of hydrogen-bond donors (Lipinski definition) is 2. The lowest BCUT2D eigenvalue weighted by molar-refractivity contribution is -0.122. The van der Waals surface area contributed by atoms with Crippen molar-refractivity contribution in [2.45, 2.75) is 12.5 Å². The fourth-order valence-electron chi connectivity index (χ4n) is 4.00. The summed E-state index contributed by atoms with van der Waals surface area (Å²) in [6.07, 6.45) is 5.51. The van der Waals surface area contributed by atoms with Gasteiger partial charge in [0.25, 0.3) is 17.9 Å². The van der Waals surface area contributed by atoms with Crippen LogP contribution in [0.5, 0.6) is 0 Å². The lowest BCUT2D eigenvalue weighted by atomic mass is 9.93. The molecular formula is C24H22N4O5. The number of para-hydroxylation sites is 1. The molecule has 3 aromatic heterocycles. The summed E-state index contributed by atoms with van der Waals surface area (Å²) in [5.41, 5.74) is 2.27. The number of ether oxygens (including phenoxy) is 1. The second kappa shape index (κ2) is 10.0. The molecule has 33 heavy (non-hydrogen) atoms. The molecule has 2 atom stereocenters. The number of fused-ring (bicyclic) bond motifs is 2. The Labute approximate surface area is 188 Å². The molecule has 0 aliphatic carbocycles. The van der Waals surface area contributed by atoms with Crippen molar-refractivity contribution in [2.75, 3.05) is 13.2 Å². The number of carboxylic acid groups (broad SMARTS) is 1. The van der Waals surface area contributed by atoms with Crippen LogP contribution in [-0.2, 0) is 16.0 Å². The van der Waals surface area contributed by atoms with Crippen molar-refractivity contribution in [3.05, 3.63) is 88.6 Å². The number of amides is 1. The van der Waals surface area contributed by atoms with Crippen molar-refractivity contribution in [3.8, 4) is 0 Å². The van der Waals surface area contributed by atoms with Gasteiger partial charge in [-0.3, -0.25) is 23.8 Å². The zero-order valence-corrected chi connectivity index (χ0v) is 17.6. The maximum atomic E-state index is 12.8. The van der Waals surface area contributed by atoms with Crippen LogP contribution in [0, 0.1) is 5.92 Å². The van der Waals surface area contributed by atoms with Gasteiger partial charge in [-0.2, -0.15) is 0 Å². The van der Waals surface area contributed by atoms with E-state index in [2.05, 4.69) is 21.4 Å². The van der Waals surface area contributed by atoms with Gasteiger partial charge >= 0.3 is 0 Å². The Morgan fingerprint density at radius 2 is 1.94 bits per heavy atom. The monoisotopic (exact) mass is 446 g/mol. The van der Waals surface area contributed by atoms with E-state index in [1.54, 1.807) is 24.4 Å². The lowest BCUT2D eigenvalue weighted by Gasteiger charge is -2.19. The van der Waals surface area contributed by atoms with Gasteiger partial charge in [0.05, 0.1) is 24.8 Å². The zero-order chi connectivity index (χ0) is 23.2. The van der Waals surface area contributed by atoms with Gasteiger partial charge in [0.15, 0.2) is 0 Å². The Morgan fingerprint density at radius 3 is 2.79 bits per heavy atom. The van der Waals surface area contributed by atoms with Crippen LogP contribution in [0.3, 0.4) is 0 Å². The molecule has 1 aliphatic rings. The van der Waals surface area contributed by atoms with Gasteiger partial charge in [0.2, 0.25) is 0 Å². The van der Waals surface area contributed by atoms with E-state index >= 15 is 0 Å². The molecule has 0 saturated carbocycles. The summed E-state index contributed by atoms with van der Waals surface area (Å²) in [6, 6.07) is 15.1. The highest BCUT2D eigenvalue weighted by atomic mass is 16.5. The van der Waals surface area contributed by atoms with E-state index in [1.807, 2.05) is 30.5 Å². The Balaban J connectivity index is 0.000000821. The number of carbonyl (C=O) groups is 2. The lowest BCUT2D eigenvalue weighted by Crippen LogP contribution is -2.42. The van der Waals surface area contributed by atoms with Crippen LogP contribution in [-0.4, -0.2) is 51.1 Å². The van der Waals surface area contributed by atoms with Crippen LogP contribution in [0.4, 0.5) is 0 Å².